The molecule has 1 heterocycles. The Balaban J connectivity index is 0.00000162. The summed E-state index contributed by atoms with van der Waals surface area (Å²) in [4.78, 5) is 2.36. The van der Waals surface area contributed by atoms with E-state index in [9.17, 15) is 4.39 Å². The minimum absolute atomic E-state index is 0. The van der Waals surface area contributed by atoms with Crippen molar-refractivity contribution < 1.29 is 4.39 Å². The Kier molecular flexibility index (Phi) is 9.20. The highest BCUT2D eigenvalue weighted by Gasteiger charge is 2.24. The van der Waals surface area contributed by atoms with Crippen molar-refractivity contribution in [2.75, 3.05) is 26.2 Å². The van der Waals surface area contributed by atoms with E-state index in [0.717, 1.165) is 42.6 Å². The third kappa shape index (κ3) is 4.57. The smallest absolute Gasteiger partial charge is 0.129 e. The zero-order chi connectivity index (χ0) is 12.3. The molecule has 1 fully saturated rings. The van der Waals surface area contributed by atoms with Gasteiger partial charge in [-0.15, -0.1) is 24.8 Å². The number of hydrogen-bond acceptors (Lipinski definition) is 2. The van der Waals surface area contributed by atoms with E-state index in [1.807, 2.05) is 6.07 Å². The Morgan fingerprint density at radius 1 is 1.32 bits per heavy atom. The minimum Gasteiger partial charge on any atom is -0.314 e. The molecule has 0 bridgehead atoms. The molecular weight excluding hydrogens is 354 g/mol. The van der Waals surface area contributed by atoms with Crippen LogP contribution in [0.5, 0.6) is 0 Å². The molecule has 6 heteroatoms. The summed E-state index contributed by atoms with van der Waals surface area (Å²) >= 11 is 3.47. The third-order valence-corrected chi connectivity index (χ3v) is 4.00. The average molecular weight is 374 g/mol. The van der Waals surface area contributed by atoms with Gasteiger partial charge >= 0.3 is 0 Å². The van der Waals surface area contributed by atoms with E-state index in [0.29, 0.717) is 0 Å². The predicted molar refractivity (Wildman–Crippen MR) is 86.1 cm³/mol. The van der Waals surface area contributed by atoms with Crippen LogP contribution in [-0.4, -0.2) is 31.1 Å². The van der Waals surface area contributed by atoms with Gasteiger partial charge in [0.05, 0.1) is 0 Å². The summed E-state index contributed by atoms with van der Waals surface area (Å²) < 4.78 is 14.8. The molecule has 1 aromatic rings. The highest BCUT2D eigenvalue weighted by molar-refractivity contribution is 9.10. The Hall–Kier alpha value is 0.130. The molecular formula is C13H20BrCl2FN2. The maximum atomic E-state index is 14.0. The quantitative estimate of drug-likeness (QED) is 0.867. The Bertz CT molecular complexity index is 367. The molecule has 1 N–H and O–H groups in total. The maximum Gasteiger partial charge on any atom is 0.129 e. The number of piperazine rings is 1. The van der Waals surface area contributed by atoms with Crippen molar-refractivity contribution in [1.29, 1.82) is 0 Å². The molecule has 0 aliphatic carbocycles. The van der Waals surface area contributed by atoms with Crippen molar-refractivity contribution in [3.8, 4) is 0 Å². The lowest BCUT2D eigenvalue weighted by Gasteiger charge is -2.35. The van der Waals surface area contributed by atoms with Gasteiger partial charge in [0, 0.05) is 42.3 Å². The number of rotatable bonds is 3. The fourth-order valence-electron chi connectivity index (χ4n) is 2.47. The molecule has 19 heavy (non-hydrogen) atoms. The second-order valence-corrected chi connectivity index (χ2v) is 5.20. The number of benzene rings is 1. The van der Waals surface area contributed by atoms with Crippen molar-refractivity contribution in [1.82, 2.24) is 10.2 Å². The van der Waals surface area contributed by atoms with E-state index in [2.05, 4.69) is 33.1 Å². The highest BCUT2D eigenvalue weighted by atomic mass is 79.9. The van der Waals surface area contributed by atoms with Crippen LogP contribution in [0.3, 0.4) is 0 Å². The molecule has 2 nitrogen and oxygen atoms in total. The fraction of sp³-hybridized carbons (Fsp3) is 0.538. The van der Waals surface area contributed by atoms with E-state index in [-0.39, 0.29) is 36.7 Å². The molecule has 1 atom stereocenters. The first-order chi connectivity index (χ1) is 8.24. The summed E-state index contributed by atoms with van der Waals surface area (Å²) in [6.07, 6.45) is 0.930. The van der Waals surface area contributed by atoms with Crippen LogP contribution in [0.25, 0.3) is 0 Å². The number of hydrogen-bond donors (Lipinski definition) is 1. The molecule has 0 radical (unpaired) electrons. The average Bonchev–Trinajstić information content (AvgIpc) is 2.35. The molecule has 0 aromatic heterocycles. The van der Waals surface area contributed by atoms with Crippen LogP contribution in [0.15, 0.2) is 22.7 Å². The molecule has 1 aromatic carbocycles. The predicted octanol–water partition coefficient (Wildman–Crippen LogP) is 3.79. The van der Waals surface area contributed by atoms with Crippen molar-refractivity contribution >= 4 is 40.7 Å². The molecule has 0 unspecified atom stereocenters. The van der Waals surface area contributed by atoms with Crippen LogP contribution < -0.4 is 5.32 Å². The summed E-state index contributed by atoms with van der Waals surface area (Å²) in [5.41, 5.74) is 0.803. The van der Waals surface area contributed by atoms with Gasteiger partial charge in [-0.1, -0.05) is 28.9 Å². The van der Waals surface area contributed by atoms with Gasteiger partial charge in [0.1, 0.15) is 5.82 Å². The molecule has 0 spiro atoms. The van der Waals surface area contributed by atoms with Gasteiger partial charge in [-0.05, 0) is 18.6 Å². The monoisotopic (exact) mass is 372 g/mol. The van der Waals surface area contributed by atoms with Gasteiger partial charge in [-0.3, -0.25) is 4.90 Å². The topological polar surface area (TPSA) is 15.3 Å². The summed E-state index contributed by atoms with van der Waals surface area (Å²) in [5.74, 6) is -0.107. The molecule has 0 amide bonds. The molecule has 1 aliphatic heterocycles. The Labute approximate surface area is 135 Å². The molecule has 1 saturated heterocycles. The minimum atomic E-state index is -0.107. The zero-order valence-electron chi connectivity index (χ0n) is 10.9. The largest absolute Gasteiger partial charge is 0.314 e. The summed E-state index contributed by atoms with van der Waals surface area (Å²) in [6, 6.07) is 5.38. The van der Waals surface area contributed by atoms with Crippen molar-refractivity contribution in [2.45, 2.75) is 19.4 Å². The van der Waals surface area contributed by atoms with Crippen molar-refractivity contribution in [2.24, 2.45) is 0 Å². The van der Waals surface area contributed by atoms with Crippen molar-refractivity contribution in [3.05, 3.63) is 34.1 Å². The lowest BCUT2D eigenvalue weighted by molar-refractivity contribution is 0.165. The van der Waals surface area contributed by atoms with Crippen molar-refractivity contribution in [3.63, 3.8) is 0 Å². The van der Waals surface area contributed by atoms with Crippen LogP contribution in [-0.2, 0) is 0 Å². The first-order valence-corrected chi connectivity index (χ1v) is 6.92. The first kappa shape index (κ1) is 19.1. The normalized spacial score (nSPS) is 17.2. The summed E-state index contributed by atoms with van der Waals surface area (Å²) in [7, 11) is 0. The molecule has 2 rings (SSSR count). The second-order valence-electron chi connectivity index (χ2n) is 4.35. The van der Waals surface area contributed by atoms with E-state index in [1.165, 1.54) is 0 Å². The zero-order valence-corrected chi connectivity index (χ0v) is 14.1. The van der Waals surface area contributed by atoms with Gasteiger partial charge in [-0.2, -0.15) is 0 Å². The van der Waals surface area contributed by atoms with E-state index < -0.39 is 0 Å². The first-order valence-electron chi connectivity index (χ1n) is 6.12. The number of halogens is 4. The van der Waals surface area contributed by atoms with Gasteiger partial charge in [0.15, 0.2) is 0 Å². The van der Waals surface area contributed by atoms with Crippen LogP contribution in [0.4, 0.5) is 4.39 Å². The molecule has 1 aliphatic rings. The number of nitrogens with one attached hydrogen (secondary N) is 1. The van der Waals surface area contributed by atoms with E-state index in [4.69, 9.17) is 0 Å². The standard InChI is InChI=1S/C13H18BrFN2.2ClH/c1-2-12(17-8-6-16-7-9-17)13-10(14)4-3-5-11(13)15;;/h3-5,12,16H,2,6-9H2,1H3;2*1H/t12-;;/m1../s1. The van der Waals surface area contributed by atoms with Crippen LogP contribution in [0.1, 0.15) is 24.9 Å². The second kappa shape index (κ2) is 9.14. The molecule has 0 saturated carbocycles. The Morgan fingerprint density at radius 3 is 2.47 bits per heavy atom. The van der Waals surface area contributed by atoms with Gasteiger partial charge in [-0.25, -0.2) is 4.39 Å². The van der Waals surface area contributed by atoms with Gasteiger partial charge < -0.3 is 5.32 Å². The maximum absolute atomic E-state index is 14.0. The third-order valence-electron chi connectivity index (χ3n) is 3.31. The van der Waals surface area contributed by atoms with Crippen LogP contribution in [0.2, 0.25) is 0 Å². The van der Waals surface area contributed by atoms with Gasteiger partial charge in [0.2, 0.25) is 0 Å². The van der Waals surface area contributed by atoms with Crippen LogP contribution >= 0.6 is 40.7 Å². The summed E-state index contributed by atoms with van der Waals surface area (Å²) in [5, 5.41) is 3.33. The molecule has 110 valence electrons. The van der Waals surface area contributed by atoms with Gasteiger partial charge in [0.25, 0.3) is 0 Å². The fourth-order valence-corrected chi connectivity index (χ4v) is 3.07. The SMILES string of the molecule is CC[C@H](c1c(F)cccc1Br)N1CCNCC1.Cl.Cl. The van der Waals surface area contributed by atoms with E-state index >= 15 is 0 Å². The summed E-state index contributed by atoms with van der Waals surface area (Å²) in [6.45, 7) is 6.06. The lowest BCUT2D eigenvalue weighted by Crippen LogP contribution is -2.45. The Morgan fingerprint density at radius 2 is 1.95 bits per heavy atom. The van der Waals surface area contributed by atoms with Crippen LogP contribution in [0, 0.1) is 5.82 Å². The number of nitrogens with zero attached hydrogens (tertiary/aromatic N) is 1. The lowest BCUT2D eigenvalue weighted by atomic mass is 10.0. The van der Waals surface area contributed by atoms with E-state index in [1.54, 1.807) is 12.1 Å². The highest BCUT2D eigenvalue weighted by Crippen LogP contribution is 2.32.